The summed E-state index contributed by atoms with van der Waals surface area (Å²) in [6, 6.07) is 3.88. The molecule has 0 aliphatic carbocycles. The van der Waals surface area contributed by atoms with E-state index in [0.717, 1.165) is 38.2 Å². The van der Waals surface area contributed by atoms with Gasteiger partial charge in [-0.3, -0.25) is 9.69 Å². The summed E-state index contributed by atoms with van der Waals surface area (Å²) in [5, 5.41) is 8.01. The predicted octanol–water partition coefficient (Wildman–Crippen LogP) is 2.49. The third-order valence-corrected chi connectivity index (χ3v) is 4.64. The Morgan fingerprint density at radius 2 is 2.20 bits per heavy atom. The molecule has 3 rings (SSSR count). The van der Waals surface area contributed by atoms with E-state index in [1.807, 2.05) is 30.9 Å². The van der Waals surface area contributed by atoms with E-state index >= 15 is 0 Å². The van der Waals surface area contributed by atoms with Crippen molar-refractivity contribution in [2.75, 3.05) is 19.6 Å². The summed E-state index contributed by atoms with van der Waals surface area (Å²) in [6.07, 6.45) is 4.34. The van der Waals surface area contributed by atoms with Crippen molar-refractivity contribution in [1.29, 1.82) is 0 Å². The van der Waals surface area contributed by atoms with E-state index < -0.39 is 0 Å². The molecule has 2 aromatic rings. The fourth-order valence-corrected chi connectivity index (χ4v) is 3.29. The number of aromatic nitrogens is 2. The van der Waals surface area contributed by atoms with Crippen molar-refractivity contribution in [3.63, 3.8) is 0 Å². The number of amides is 1. The van der Waals surface area contributed by atoms with Gasteiger partial charge >= 0.3 is 0 Å². The highest BCUT2D eigenvalue weighted by molar-refractivity contribution is 5.79. The molecule has 1 aliphatic heterocycles. The number of furan rings is 1. The third-order valence-electron chi connectivity index (χ3n) is 4.64. The summed E-state index contributed by atoms with van der Waals surface area (Å²) in [4.78, 5) is 17.0. The van der Waals surface area contributed by atoms with Gasteiger partial charge in [0.1, 0.15) is 5.76 Å². The molecule has 3 heterocycles. The number of carbonyl (C=O) groups is 1. The third kappa shape index (κ3) is 4.48. The molecule has 1 aliphatic rings. The molecule has 1 saturated heterocycles. The van der Waals surface area contributed by atoms with Crippen LogP contribution in [0.25, 0.3) is 0 Å². The number of aryl methyl sites for hydroxylation is 1. The van der Waals surface area contributed by atoms with E-state index in [2.05, 4.69) is 15.1 Å². The first-order chi connectivity index (χ1) is 12.2. The van der Waals surface area contributed by atoms with Crippen LogP contribution in [0.15, 0.2) is 27.2 Å². The number of piperidine rings is 1. The van der Waals surface area contributed by atoms with Gasteiger partial charge in [-0.25, -0.2) is 0 Å². The molecule has 0 N–H and O–H groups in total. The Morgan fingerprint density at radius 1 is 1.36 bits per heavy atom. The van der Waals surface area contributed by atoms with Gasteiger partial charge in [0.05, 0.1) is 25.3 Å². The summed E-state index contributed by atoms with van der Waals surface area (Å²) in [5.74, 6) is 2.25. The van der Waals surface area contributed by atoms with Crippen molar-refractivity contribution >= 4 is 5.91 Å². The van der Waals surface area contributed by atoms with Gasteiger partial charge < -0.3 is 13.7 Å². The molecule has 2 aromatic heterocycles. The molecule has 7 nitrogen and oxygen atoms in total. The molecule has 0 radical (unpaired) electrons. The van der Waals surface area contributed by atoms with Gasteiger partial charge in [0.25, 0.3) is 0 Å². The van der Waals surface area contributed by atoms with Crippen LogP contribution in [0.4, 0.5) is 0 Å². The number of rotatable bonds is 7. The zero-order valence-corrected chi connectivity index (χ0v) is 15.0. The molecule has 0 saturated carbocycles. The highest BCUT2D eigenvalue weighted by Crippen LogP contribution is 2.21. The fraction of sp³-hybridized carbons (Fsp3) is 0.611. The summed E-state index contributed by atoms with van der Waals surface area (Å²) in [6.45, 7) is 7.50. The Labute approximate surface area is 148 Å². The Morgan fingerprint density at radius 3 is 2.88 bits per heavy atom. The monoisotopic (exact) mass is 346 g/mol. The van der Waals surface area contributed by atoms with Gasteiger partial charge in [-0.1, -0.05) is 6.92 Å². The minimum Gasteiger partial charge on any atom is -0.468 e. The lowest BCUT2D eigenvalue weighted by molar-refractivity contribution is -0.138. The second-order valence-electron chi connectivity index (χ2n) is 6.45. The number of hydrogen-bond acceptors (Lipinski definition) is 6. The van der Waals surface area contributed by atoms with E-state index in [9.17, 15) is 4.79 Å². The first kappa shape index (κ1) is 17.7. The van der Waals surface area contributed by atoms with E-state index in [0.29, 0.717) is 31.3 Å². The Bertz CT molecular complexity index is 668. The zero-order chi connectivity index (χ0) is 17.6. The van der Waals surface area contributed by atoms with Crippen molar-refractivity contribution in [3.8, 4) is 0 Å². The fourth-order valence-electron chi connectivity index (χ4n) is 3.29. The molecule has 0 spiro atoms. The second-order valence-corrected chi connectivity index (χ2v) is 6.45. The molecule has 1 atom stereocenters. The van der Waals surface area contributed by atoms with Gasteiger partial charge in [0.2, 0.25) is 17.7 Å². The topological polar surface area (TPSA) is 75.6 Å². The predicted molar refractivity (Wildman–Crippen MR) is 91.5 cm³/mol. The Balaban J connectivity index is 1.59. The van der Waals surface area contributed by atoms with Crippen LogP contribution in [0, 0.1) is 5.92 Å². The lowest BCUT2D eigenvalue weighted by atomic mass is 9.96. The molecule has 0 bridgehead atoms. The van der Waals surface area contributed by atoms with Crippen LogP contribution in [0.2, 0.25) is 0 Å². The van der Waals surface area contributed by atoms with Crippen molar-refractivity contribution in [1.82, 2.24) is 20.0 Å². The highest BCUT2D eigenvalue weighted by Gasteiger charge is 2.29. The molecular formula is C18H26N4O3. The van der Waals surface area contributed by atoms with Crippen LogP contribution in [-0.4, -0.2) is 45.5 Å². The van der Waals surface area contributed by atoms with Crippen LogP contribution >= 0.6 is 0 Å². The summed E-state index contributed by atoms with van der Waals surface area (Å²) in [7, 11) is 0. The quantitative estimate of drug-likeness (QED) is 0.767. The van der Waals surface area contributed by atoms with E-state index in [4.69, 9.17) is 8.83 Å². The maximum absolute atomic E-state index is 12.9. The Kier molecular flexibility index (Phi) is 5.86. The van der Waals surface area contributed by atoms with Crippen LogP contribution in [0.1, 0.15) is 44.2 Å². The van der Waals surface area contributed by atoms with Gasteiger partial charge in [-0.05, 0) is 38.4 Å². The zero-order valence-electron chi connectivity index (χ0n) is 15.0. The first-order valence-electron chi connectivity index (χ1n) is 9.04. The van der Waals surface area contributed by atoms with Gasteiger partial charge in [-0.15, -0.1) is 10.2 Å². The lowest BCUT2D eigenvalue weighted by Crippen LogP contribution is -2.44. The van der Waals surface area contributed by atoms with Crippen molar-refractivity contribution < 1.29 is 13.6 Å². The largest absolute Gasteiger partial charge is 0.468 e. The minimum absolute atomic E-state index is 0.0113. The standard InChI is InChI=1S/C18H26N4O3/c1-3-16-19-20-17(25-16)13-22(4-2)18(23)14-7-5-9-21(11-14)12-15-8-6-10-24-15/h6,8,10,14H,3-5,7,9,11-13H2,1-2H3/t14-/m0/s1. The normalized spacial score (nSPS) is 18.4. The number of nitrogens with zero attached hydrogens (tertiary/aromatic N) is 4. The lowest BCUT2D eigenvalue weighted by Gasteiger charge is -2.34. The average Bonchev–Trinajstić information content (AvgIpc) is 3.31. The molecule has 1 amide bonds. The van der Waals surface area contributed by atoms with Crippen LogP contribution in [-0.2, 0) is 24.3 Å². The van der Waals surface area contributed by atoms with E-state index in [-0.39, 0.29) is 11.8 Å². The molecule has 136 valence electrons. The smallest absolute Gasteiger partial charge is 0.235 e. The first-order valence-corrected chi connectivity index (χ1v) is 9.04. The SMILES string of the molecule is CCc1nnc(CN(CC)C(=O)[C@H]2CCCN(Cc3ccco3)C2)o1. The number of carbonyl (C=O) groups excluding carboxylic acids is 1. The maximum atomic E-state index is 12.9. The van der Waals surface area contributed by atoms with Gasteiger partial charge in [-0.2, -0.15) is 0 Å². The van der Waals surface area contributed by atoms with Crippen molar-refractivity contribution in [2.24, 2.45) is 5.92 Å². The van der Waals surface area contributed by atoms with Gasteiger partial charge in [0.15, 0.2) is 0 Å². The maximum Gasteiger partial charge on any atom is 0.235 e. The molecule has 0 unspecified atom stereocenters. The average molecular weight is 346 g/mol. The van der Waals surface area contributed by atoms with Crippen LogP contribution < -0.4 is 0 Å². The molecule has 0 aromatic carbocycles. The number of hydrogen-bond donors (Lipinski definition) is 0. The summed E-state index contributed by atoms with van der Waals surface area (Å²) in [5.41, 5.74) is 0. The van der Waals surface area contributed by atoms with Crippen LogP contribution in [0.5, 0.6) is 0 Å². The summed E-state index contributed by atoms with van der Waals surface area (Å²) < 4.78 is 11.0. The van der Waals surface area contributed by atoms with Crippen molar-refractivity contribution in [2.45, 2.75) is 46.2 Å². The molecule has 1 fully saturated rings. The number of likely N-dealkylation sites (tertiary alicyclic amines) is 1. The Hall–Kier alpha value is -2.15. The second kappa shape index (κ2) is 8.29. The molecule has 25 heavy (non-hydrogen) atoms. The van der Waals surface area contributed by atoms with E-state index in [1.165, 1.54) is 0 Å². The molecule has 7 heteroatoms. The van der Waals surface area contributed by atoms with Crippen LogP contribution in [0.3, 0.4) is 0 Å². The van der Waals surface area contributed by atoms with Crippen molar-refractivity contribution in [3.05, 3.63) is 35.9 Å². The minimum atomic E-state index is 0.0113. The molecular weight excluding hydrogens is 320 g/mol. The highest BCUT2D eigenvalue weighted by atomic mass is 16.4. The van der Waals surface area contributed by atoms with E-state index in [1.54, 1.807) is 6.26 Å². The van der Waals surface area contributed by atoms with Gasteiger partial charge in [0, 0.05) is 19.5 Å². The summed E-state index contributed by atoms with van der Waals surface area (Å²) >= 11 is 0.